The van der Waals surface area contributed by atoms with Crippen molar-refractivity contribution in [3.63, 3.8) is 0 Å². The first kappa shape index (κ1) is 15.4. The van der Waals surface area contributed by atoms with Crippen LogP contribution in [-0.4, -0.2) is 39.0 Å². The topological polar surface area (TPSA) is 46.6 Å². The van der Waals surface area contributed by atoms with Gasteiger partial charge in [-0.05, 0) is 43.0 Å². The smallest absolute Gasteiger partial charge is 0.243 e. The second-order valence-electron chi connectivity index (χ2n) is 5.05. The molecule has 1 atom stereocenters. The lowest BCUT2D eigenvalue weighted by molar-refractivity contribution is 0.180. The third-order valence-corrected chi connectivity index (χ3v) is 5.29. The molecule has 1 saturated heterocycles. The van der Waals surface area contributed by atoms with Crippen LogP contribution < -0.4 is 0 Å². The van der Waals surface area contributed by atoms with E-state index in [4.69, 9.17) is 4.74 Å². The summed E-state index contributed by atoms with van der Waals surface area (Å²) in [5, 5.41) is 0. The molecule has 0 bridgehead atoms. The Labute approximate surface area is 119 Å². The van der Waals surface area contributed by atoms with E-state index in [1.54, 1.807) is 0 Å². The minimum atomic E-state index is -3.56. The highest BCUT2D eigenvalue weighted by atomic mass is 32.2. The van der Waals surface area contributed by atoms with Crippen LogP contribution in [0.2, 0.25) is 0 Å². The van der Waals surface area contributed by atoms with Gasteiger partial charge in [0.15, 0.2) is 0 Å². The highest BCUT2D eigenvalue weighted by Gasteiger charge is 2.28. The van der Waals surface area contributed by atoms with Crippen molar-refractivity contribution in [3.8, 4) is 0 Å². The molecule has 0 radical (unpaired) electrons. The molecule has 6 heteroatoms. The summed E-state index contributed by atoms with van der Waals surface area (Å²) in [7, 11) is -3.56. The second-order valence-corrected chi connectivity index (χ2v) is 6.98. The zero-order chi connectivity index (χ0) is 14.6. The lowest BCUT2D eigenvalue weighted by Gasteiger charge is -2.24. The number of benzene rings is 1. The zero-order valence-electron chi connectivity index (χ0n) is 11.6. The van der Waals surface area contributed by atoms with Gasteiger partial charge in [-0.2, -0.15) is 4.31 Å². The van der Waals surface area contributed by atoms with Crippen molar-refractivity contribution in [3.05, 3.63) is 30.1 Å². The van der Waals surface area contributed by atoms with Crippen LogP contribution in [0.15, 0.2) is 29.2 Å². The van der Waals surface area contributed by atoms with Crippen LogP contribution in [0.1, 0.15) is 19.8 Å². The summed E-state index contributed by atoms with van der Waals surface area (Å²) in [5.74, 6) is -0.188. The second kappa shape index (κ2) is 6.65. The number of ether oxygens (including phenoxy) is 1. The van der Waals surface area contributed by atoms with E-state index < -0.39 is 15.8 Å². The molecular weight excluding hydrogens is 281 g/mol. The van der Waals surface area contributed by atoms with E-state index >= 15 is 0 Å². The summed E-state index contributed by atoms with van der Waals surface area (Å²) in [6, 6.07) is 4.99. The van der Waals surface area contributed by atoms with Gasteiger partial charge in [-0.3, -0.25) is 0 Å². The molecule has 0 saturated carbocycles. The van der Waals surface area contributed by atoms with Crippen molar-refractivity contribution >= 4 is 10.0 Å². The van der Waals surface area contributed by atoms with Crippen molar-refractivity contribution in [2.24, 2.45) is 5.92 Å². The molecular formula is C14H20FNO3S. The monoisotopic (exact) mass is 301 g/mol. The first-order valence-electron chi connectivity index (χ1n) is 6.87. The summed E-state index contributed by atoms with van der Waals surface area (Å²) >= 11 is 0. The van der Waals surface area contributed by atoms with Gasteiger partial charge in [-0.15, -0.1) is 0 Å². The van der Waals surface area contributed by atoms with E-state index in [9.17, 15) is 12.8 Å². The molecule has 20 heavy (non-hydrogen) atoms. The maximum atomic E-state index is 12.9. The minimum Gasteiger partial charge on any atom is -0.381 e. The fourth-order valence-corrected chi connectivity index (χ4v) is 3.94. The molecule has 4 nitrogen and oxygen atoms in total. The molecule has 0 aliphatic carbocycles. The fourth-order valence-electron chi connectivity index (χ4n) is 2.33. The average Bonchev–Trinajstić information content (AvgIpc) is 2.92. The maximum Gasteiger partial charge on any atom is 0.243 e. The molecule has 0 N–H and O–H groups in total. The summed E-state index contributed by atoms with van der Waals surface area (Å²) < 4.78 is 44.9. The number of halogens is 1. The van der Waals surface area contributed by atoms with E-state index in [-0.39, 0.29) is 10.8 Å². The van der Waals surface area contributed by atoms with Crippen LogP contribution in [0.3, 0.4) is 0 Å². The number of hydrogen-bond acceptors (Lipinski definition) is 3. The first-order chi connectivity index (χ1) is 9.54. The summed E-state index contributed by atoms with van der Waals surface area (Å²) in [6.45, 7) is 4.18. The first-order valence-corrected chi connectivity index (χ1v) is 8.31. The molecule has 1 fully saturated rings. The normalized spacial score (nSPS) is 19.6. The Morgan fingerprint density at radius 2 is 2.05 bits per heavy atom. The average molecular weight is 301 g/mol. The predicted molar refractivity (Wildman–Crippen MR) is 74.4 cm³/mol. The van der Waals surface area contributed by atoms with E-state index in [1.807, 2.05) is 6.92 Å². The summed E-state index contributed by atoms with van der Waals surface area (Å²) in [5.41, 5.74) is 0. The quantitative estimate of drug-likeness (QED) is 0.810. The molecule has 1 unspecified atom stereocenters. The lowest BCUT2D eigenvalue weighted by atomic mass is 10.1. The Morgan fingerprint density at radius 3 is 2.60 bits per heavy atom. The SMILES string of the molecule is CCCN(CC1CCOC1)S(=O)(=O)c1ccc(F)cc1. The van der Waals surface area contributed by atoms with Gasteiger partial charge in [0.25, 0.3) is 0 Å². The molecule has 1 heterocycles. The zero-order valence-corrected chi connectivity index (χ0v) is 12.4. The maximum absolute atomic E-state index is 12.9. The van der Waals surface area contributed by atoms with Gasteiger partial charge in [0, 0.05) is 19.7 Å². The molecule has 1 aliphatic rings. The van der Waals surface area contributed by atoms with Crippen molar-refractivity contribution < 1.29 is 17.5 Å². The minimum absolute atomic E-state index is 0.145. The van der Waals surface area contributed by atoms with Crippen LogP contribution in [0, 0.1) is 11.7 Å². The fraction of sp³-hybridized carbons (Fsp3) is 0.571. The van der Waals surface area contributed by atoms with Crippen molar-refractivity contribution in [2.45, 2.75) is 24.7 Å². The van der Waals surface area contributed by atoms with E-state index in [2.05, 4.69) is 0 Å². The Hall–Kier alpha value is -0.980. The van der Waals surface area contributed by atoms with E-state index in [0.29, 0.717) is 26.3 Å². The molecule has 0 spiro atoms. The molecule has 112 valence electrons. The van der Waals surface area contributed by atoms with Gasteiger partial charge in [0.1, 0.15) is 5.82 Å². The number of nitrogens with zero attached hydrogens (tertiary/aromatic N) is 1. The van der Waals surface area contributed by atoms with Crippen LogP contribution in [-0.2, 0) is 14.8 Å². The molecule has 0 amide bonds. The van der Waals surface area contributed by atoms with Crippen molar-refractivity contribution in [2.75, 3.05) is 26.3 Å². The Bertz CT molecular complexity index is 524. The van der Waals surface area contributed by atoms with E-state index in [1.165, 1.54) is 28.6 Å². The van der Waals surface area contributed by atoms with Gasteiger partial charge >= 0.3 is 0 Å². The third kappa shape index (κ3) is 3.56. The molecule has 0 aromatic heterocycles. The van der Waals surface area contributed by atoms with Gasteiger partial charge < -0.3 is 4.74 Å². The Balaban J connectivity index is 2.19. The Morgan fingerprint density at radius 1 is 1.35 bits per heavy atom. The van der Waals surface area contributed by atoms with Crippen LogP contribution >= 0.6 is 0 Å². The van der Waals surface area contributed by atoms with Crippen molar-refractivity contribution in [1.29, 1.82) is 0 Å². The molecule has 1 aromatic carbocycles. The molecule has 1 aliphatic heterocycles. The highest BCUT2D eigenvalue weighted by Crippen LogP contribution is 2.21. The summed E-state index contributed by atoms with van der Waals surface area (Å²) in [4.78, 5) is 0.145. The predicted octanol–water partition coefficient (Wildman–Crippen LogP) is 2.26. The van der Waals surface area contributed by atoms with Crippen LogP contribution in [0.25, 0.3) is 0 Å². The van der Waals surface area contributed by atoms with E-state index in [0.717, 1.165) is 12.8 Å². The van der Waals surface area contributed by atoms with Crippen LogP contribution in [0.5, 0.6) is 0 Å². The molecule has 2 rings (SSSR count). The summed E-state index contributed by atoms with van der Waals surface area (Å²) in [6.07, 6.45) is 1.63. The third-order valence-electron chi connectivity index (χ3n) is 3.41. The number of rotatable bonds is 6. The number of hydrogen-bond donors (Lipinski definition) is 0. The molecule has 1 aromatic rings. The van der Waals surface area contributed by atoms with Gasteiger partial charge in [-0.1, -0.05) is 6.92 Å². The van der Waals surface area contributed by atoms with Gasteiger partial charge in [-0.25, -0.2) is 12.8 Å². The van der Waals surface area contributed by atoms with Gasteiger partial charge in [0.05, 0.1) is 11.5 Å². The highest BCUT2D eigenvalue weighted by molar-refractivity contribution is 7.89. The number of sulfonamides is 1. The van der Waals surface area contributed by atoms with Gasteiger partial charge in [0.2, 0.25) is 10.0 Å². The standard InChI is InChI=1S/C14H20FNO3S/c1-2-8-16(10-12-7-9-19-11-12)20(17,18)14-5-3-13(15)4-6-14/h3-6,12H,2,7-11H2,1H3. The largest absolute Gasteiger partial charge is 0.381 e. The lowest BCUT2D eigenvalue weighted by Crippen LogP contribution is -2.36. The van der Waals surface area contributed by atoms with Crippen molar-refractivity contribution in [1.82, 2.24) is 4.31 Å². The Kier molecular flexibility index (Phi) is 5.12. The van der Waals surface area contributed by atoms with Crippen LogP contribution in [0.4, 0.5) is 4.39 Å².